The second kappa shape index (κ2) is 6.41. The Kier molecular flexibility index (Phi) is 4.59. The van der Waals surface area contributed by atoms with Crippen LogP contribution in [0.25, 0.3) is 0 Å². The molecule has 6 heteroatoms. The lowest BCUT2D eigenvalue weighted by Gasteiger charge is -2.22. The van der Waals surface area contributed by atoms with Crippen LogP contribution in [0.1, 0.15) is 23.7 Å². The Morgan fingerprint density at radius 3 is 2.67 bits per heavy atom. The van der Waals surface area contributed by atoms with Gasteiger partial charge in [-0.3, -0.25) is 4.79 Å². The minimum absolute atomic E-state index is 0.153. The van der Waals surface area contributed by atoms with Crippen molar-refractivity contribution in [1.29, 1.82) is 0 Å². The molecule has 1 saturated heterocycles. The van der Waals surface area contributed by atoms with Gasteiger partial charge in [0, 0.05) is 5.69 Å². The number of aliphatic hydroxyl groups excluding tert-OH is 1. The van der Waals surface area contributed by atoms with Crippen LogP contribution in [0.5, 0.6) is 0 Å². The van der Waals surface area contributed by atoms with Crippen LogP contribution in [-0.4, -0.2) is 40.4 Å². The molecule has 1 aromatic carbocycles. The lowest BCUT2D eigenvalue weighted by molar-refractivity contribution is -0.144. The number of carbonyl (C=O) groups is 2. The van der Waals surface area contributed by atoms with Crippen LogP contribution in [-0.2, 0) is 9.53 Å². The van der Waals surface area contributed by atoms with Gasteiger partial charge in [-0.25, -0.2) is 4.79 Å². The van der Waals surface area contributed by atoms with Crippen LogP contribution < -0.4 is 5.32 Å². The average molecular weight is 291 g/mol. The Balaban J connectivity index is 2.09. The molecule has 1 aliphatic heterocycles. The SMILES string of the molecule is CC=C[C@H](O)[C@H]1OC(=O)C[C@H]1Nc1ccc(C(=O)O)cc1. The number of carboxylic acid groups (broad SMARTS) is 1. The zero-order valence-electron chi connectivity index (χ0n) is 11.5. The summed E-state index contributed by atoms with van der Waals surface area (Å²) in [6.45, 7) is 1.77. The highest BCUT2D eigenvalue weighted by atomic mass is 16.6. The molecule has 0 aromatic heterocycles. The predicted octanol–water partition coefficient (Wildman–Crippen LogP) is 1.42. The van der Waals surface area contributed by atoms with Crippen molar-refractivity contribution in [2.45, 2.75) is 31.6 Å². The van der Waals surface area contributed by atoms with Crippen LogP contribution in [0.2, 0.25) is 0 Å². The molecule has 3 atom stereocenters. The molecule has 0 bridgehead atoms. The molecule has 1 aliphatic rings. The van der Waals surface area contributed by atoms with E-state index < -0.39 is 18.2 Å². The number of ether oxygens (including phenoxy) is 1. The highest BCUT2D eigenvalue weighted by Crippen LogP contribution is 2.23. The molecule has 3 N–H and O–H groups in total. The molecule has 0 unspecified atom stereocenters. The summed E-state index contributed by atoms with van der Waals surface area (Å²) < 4.78 is 5.13. The normalized spacial score (nSPS) is 23.0. The molecule has 0 saturated carbocycles. The first kappa shape index (κ1) is 15.1. The van der Waals surface area contributed by atoms with Crippen molar-refractivity contribution in [3.8, 4) is 0 Å². The van der Waals surface area contributed by atoms with Gasteiger partial charge in [0.2, 0.25) is 0 Å². The quantitative estimate of drug-likeness (QED) is 0.561. The van der Waals surface area contributed by atoms with Crippen molar-refractivity contribution in [1.82, 2.24) is 0 Å². The van der Waals surface area contributed by atoms with Crippen molar-refractivity contribution < 1.29 is 24.5 Å². The van der Waals surface area contributed by atoms with Gasteiger partial charge in [-0.05, 0) is 31.2 Å². The Hall–Kier alpha value is -2.34. The molecular weight excluding hydrogens is 274 g/mol. The molecule has 1 aromatic rings. The number of carboxylic acids is 1. The Morgan fingerprint density at radius 2 is 2.10 bits per heavy atom. The van der Waals surface area contributed by atoms with Gasteiger partial charge in [-0.1, -0.05) is 12.2 Å². The molecule has 1 heterocycles. The van der Waals surface area contributed by atoms with Gasteiger partial charge in [0.1, 0.15) is 6.10 Å². The summed E-state index contributed by atoms with van der Waals surface area (Å²) in [7, 11) is 0. The van der Waals surface area contributed by atoms with E-state index in [0.717, 1.165) is 0 Å². The van der Waals surface area contributed by atoms with Gasteiger partial charge in [-0.2, -0.15) is 0 Å². The van der Waals surface area contributed by atoms with Crippen LogP contribution in [0.4, 0.5) is 5.69 Å². The second-order valence-corrected chi connectivity index (χ2v) is 4.81. The summed E-state index contributed by atoms with van der Waals surface area (Å²) in [5, 5.41) is 21.9. The smallest absolute Gasteiger partial charge is 0.335 e. The second-order valence-electron chi connectivity index (χ2n) is 4.81. The number of hydrogen-bond donors (Lipinski definition) is 3. The van der Waals surface area contributed by atoms with Gasteiger partial charge in [0.05, 0.1) is 18.0 Å². The van der Waals surface area contributed by atoms with Gasteiger partial charge >= 0.3 is 11.9 Å². The summed E-state index contributed by atoms with van der Waals surface area (Å²) in [6.07, 6.45) is 1.87. The summed E-state index contributed by atoms with van der Waals surface area (Å²) in [5.74, 6) is -1.37. The first-order chi connectivity index (χ1) is 10.0. The van der Waals surface area contributed by atoms with Crippen LogP contribution >= 0.6 is 0 Å². The van der Waals surface area contributed by atoms with Crippen LogP contribution in [0.15, 0.2) is 36.4 Å². The number of esters is 1. The Bertz CT molecular complexity index is 552. The van der Waals surface area contributed by atoms with Gasteiger partial charge in [0.25, 0.3) is 0 Å². The number of aliphatic hydroxyl groups is 1. The van der Waals surface area contributed by atoms with Crippen LogP contribution in [0.3, 0.4) is 0 Å². The lowest BCUT2D eigenvalue weighted by atomic mass is 10.0. The zero-order valence-corrected chi connectivity index (χ0v) is 11.5. The molecule has 0 spiro atoms. The number of carbonyl (C=O) groups excluding carboxylic acids is 1. The number of hydrogen-bond acceptors (Lipinski definition) is 5. The van der Waals surface area contributed by atoms with Crippen molar-refractivity contribution in [2.24, 2.45) is 0 Å². The first-order valence-electron chi connectivity index (χ1n) is 6.61. The first-order valence-corrected chi connectivity index (χ1v) is 6.61. The fourth-order valence-corrected chi connectivity index (χ4v) is 2.25. The number of aromatic carboxylic acids is 1. The molecule has 21 heavy (non-hydrogen) atoms. The molecule has 6 nitrogen and oxygen atoms in total. The third-order valence-electron chi connectivity index (χ3n) is 3.26. The van der Waals surface area contributed by atoms with E-state index in [9.17, 15) is 14.7 Å². The predicted molar refractivity (Wildman–Crippen MR) is 76.1 cm³/mol. The standard InChI is InChI=1S/C15H17NO5/c1-2-3-12(17)14-11(8-13(18)21-14)16-10-6-4-9(5-7-10)15(19)20/h2-7,11-12,14,16-17H,8H2,1H3,(H,19,20)/t11-,12+,14+/m1/s1. The number of rotatable bonds is 5. The van der Waals surface area contributed by atoms with Crippen molar-refractivity contribution in [3.05, 3.63) is 42.0 Å². The van der Waals surface area contributed by atoms with Crippen molar-refractivity contribution >= 4 is 17.6 Å². The van der Waals surface area contributed by atoms with E-state index in [1.54, 1.807) is 31.2 Å². The molecular formula is C15H17NO5. The molecule has 1 fully saturated rings. The van der Waals surface area contributed by atoms with Crippen LogP contribution in [0, 0.1) is 0 Å². The minimum atomic E-state index is -0.998. The molecule has 0 aliphatic carbocycles. The topological polar surface area (TPSA) is 95.9 Å². The third kappa shape index (κ3) is 3.61. The zero-order chi connectivity index (χ0) is 15.4. The van der Waals surface area contributed by atoms with E-state index in [1.807, 2.05) is 0 Å². The van der Waals surface area contributed by atoms with Gasteiger partial charge in [0.15, 0.2) is 6.10 Å². The number of benzene rings is 1. The number of allylic oxidation sites excluding steroid dienone is 1. The summed E-state index contributed by atoms with van der Waals surface area (Å²) in [4.78, 5) is 22.2. The summed E-state index contributed by atoms with van der Waals surface area (Å²) in [6, 6.07) is 5.81. The van der Waals surface area contributed by atoms with E-state index in [0.29, 0.717) is 5.69 Å². The van der Waals surface area contributed by atoms with Crippen molar-refractivity contribution in [3.63, 3.8) is 0 Å². The molecule has 2 rings (SSSR count). The minimum Gasteiger partial charge on any atom is -0.478 e. The molecule has 0 radical (unpaired) electrons. The van der Waals surface area contributed by atoms with E-state index in [2.05, 4.69) is 5.32 Å². The maximum Gasteiger partial charge on any atom is 0.335 e. The number of anilines is 1. The molecule has 112 valence electrons. The fourth-order valence-electron chi connectivity index (χ4n) is 2.25. The summed E-state index contributed by atoms with van der Waals surface area (Å²) in [5.41, 5.74) is 0.853. The van der Waals surface area contributed by atoms with E-state index >= 15 is 0 Å². The number of cyclic esters (lactones) is 1. The van der Waals surface area contributed by atoms with Gasteiger partial charge in [-0.15, -0.1) is 0 Å². The van der Waals surface area contributed by atoms with Gasteiger partial charge < -0.3 is 20.3 Å². The highest BCUT2D eigenvalue weighted by molar-refractivity contribution is 5.88. The van der Waals surface area contributed by atoms with Crippen molar-refractivity contribution in [2.75, 3.05) is 5.32 Å². The van der Waals surface area contributed by atoms with E-state index in [-0.39, 0.29) is 24.0 Å². The van der Waals surface area contributed by atoms with E-state index in [1.165, 1.54) is 12.1 Å². The fraction of sp³-hybridized carbons (Fsp3) is 0.333. The average Bonchev–Trinajstić information content (AvgIpc) is 2.80. The largest absolute Gasteiger partial charge is 0.478 e. The maximum absolute atomic E-state index is 11.4. The molecule has 0 amide bonds. The number of nitrogens with one attached hydrogen (secondary N) is 1. The Morgan fingerprint density at radius 1 is 1.43 bits per heavy atom. The monoisotopic (exact) mass is 291 g/mol. The Labute approximate surface area is 122 Å². The van der Waals surface area contributed by atoms with E-state index in [4.69, 9.17) is 9.84 Å². The summed E-state index contributed by atoms with van der Waals surface area (Å²) >= 11 is 0. The lowest BCUT2D eigenvalue weighted by Crippen LogP contribution is -2.38. The third-order valence-corrected chi connectivity index (χ3v) is 3.26. The maximum atomic E-state index is 11.4. The highest BCUT2D eigenvalue weighted by Gasteiger charge is 2.38.